The number of rotatable bonds is 10. The van der Waals surface area contributed by atoms with Crippen LogP contribution >= 0.6 is 0 Å². The van der Waals surface area contributed by atoms with Gasteiger partial charge in [0.15, 0.2) is 0 Å². The number of nitrogens with one attached hydrogen (secondary N) is 1. The maximum atomic E-state index is 12.6. The molecular formula is C42H60BN5O5. The third-order valence-electron chi connectivity index (χ3n) is 13.3. The fraction of sp³-hybridized carbons (Fsp3) is 0.643. The number of nitrogens with zero attached hydrogens (tertiary/aromatic N) is 4. The molecule has 0 spiro atoms. The molecule has 4 fully saturated rings. The molecule has 1 unspecified atom stereocenters. The lowest BCUT2D eigenvalue weighted by molar-refractivity contribution is -0.134. The van der Waals surface area contributed by atoms with Gasteiger partial charge < -0.3 is 18.9 Å². The third-order valence-corrected chi connectivity index (χ3v) is 13.3. The molecule has 53 heavy (non-hydrogen) atoms. The Bertz CT molecular complexity index is 1810. The summed E-state index contributed by atoms with van der Waals surface area (Å²) in [6, 6.07) is 12.7. The number of aromatic nitrogens is 2. The van der Waals surface area contributed by atoms with Gasteiger partial charge >= 0.3 is 7.12 Å². The van der Waals surface area contributed by atoms with Crippen molar-refractivity contribution in [3.8, 4) is 5.75 Å². The highest BCUT2D eigenvalue weighted by Gasteiger charge is 2.52. The van der Waals surface area contributed by atoms with E-state index >= 15 is 0 Å². The lowest BCUT2D eigenvalue weighted by atomic mass is 9.76. The standard InChI is InChI=1S/C42H60BN5O5/c1-28-34(43-52-41(4,5)42(6,7)53-43)12-9-13-36(28)51-31-17-14-29(15-18-31)11-10-22-40(2,3)48-25-23-47(24-26-48)30-16-19-32-35(27-30)46(8)45-38(32)33-20-21-37(49)44-39(33)50/h9,12-13,16,19,27,29,31,33H,10-11,14-15,17-18,20-26H2,1-8H3,(H,44,49,50). The summed E-state index contributed by atoms with van der Waals surface area (Å²) in [4.78, 5) is 29.4. The highest BCUT2D eigenvalue weighted by Crippen LogP contribution is 2.38. The van der Waals surface area contributed by atoms with Crippen LogP contribution < -0.4 is 20.4 Å². The predicted octanol–water partition coefficient (Wildman–Crippen LogP) is 6.41. The first-order valence-corrected chi connectivity index (χ1v) is 20.0. The largest absolute Gasteiger partial charge is 0.495 e. The lowest BCUT2D eigenvalue weighted by Crippen LogP contribution is -2.54. The SMILES string of the molecule is Cc1c(OC2CCC(CCCC(C)(C)N3CCN(c4ccc5c(C6CCC(=O)NC6=O)nn(C)c5c4)CC3)CC2)cccc1B1OC(C)(C)C(C)(C)O1. The van der Waals surface area contributed by atoms with Crippen molar-refractivity contribution in [2.75, 3.05) is 31.1 Å². The zero-order valence-corrected chi connectivity index (χ0v) is 33.3. The number of anilines is 1. The molecule has 3 aromatic rings. The number of fused-ring (bicyclic) bond motifs is 1. The Kier molecular flexibility index (Phi) is 10.5. The van der Waals surface area contributed by atoms with Crippen molar-refractivity contribution >= 4 is 41.0 Å². The summed E-state index contributed by atoms with van der Waals surface area (Å²) in [7, 11) is 1.56. The van der Waals surface area contributed by atoms with Gasteiger partial charge in [-0.2, -0.15) is 5.10 Å². The molecule has 1 saturated carbocycles. The fourth-order valence-corrected chi connectivity index (χ4v) is 8.94. The number of hydrogen-bond acceptors (Lipinski definition) is 8. The smallest absolute Gasteiger partial charge is 0.490 e. The number of piperazine rings is 1. The first-order valence-electron chi connectivity index (χ1n) is 20.0. The molecule has 4 heterocycles. The number of carbonyl (C=O) groups excluding carboxylic acids is 2. The van der Waals surface area contributed by atoms with Crippen LogP contribution in [0.25, 0.3) is 10.9 Å². The predicted molar refractivity (Wildman–Crippen MR) is 211 cm³/mol. The minimum absolute atomic E-state index is 0.162. The molecule has 7 rings (SSSR count). The van der Waals surface area contributed by atoms with Crippen molar-refractivity contribution in [1.29, 1.82) is 0 Å². The quantitative estimate of drug-likeness (QED) is 0.189. The monoisotopic (exact) mass is 725 g/mol. The molecule has 1 aliphatic carbocycles. The molecule has 3 aliphatic heterocycles. The van der Waals surface area contributed by atoms with E-state index in [0.29, 0.717) is 12.8 Å². The minimum atomic E-state index is -0.385. The van der Waals surface area contributed by atoms with Crippen LogP contribution in [0.4, 0.5) is 5.69 Å². The molecule has 1 N–H and O–H groups in total. The van der Waals surface area contributed by atoms with E-state index in [1.165, 1.54) is 37.8 Å². The highest BCUT2D eigenvalue weighted by atomic mass is 16.7. The van der Waals surface area contributed by atoms with E-state index in [-0.39, 0.29) is 47.7 Å². The summed E-state index contributed by atoms with van der Waals surface area (Å²) in [6.07, 6.45) is 9.56. The van der Waals surface area contributed by atoms with Crippen molar-refractivity contribution in [2.45, 2.75) is 135 Å². The highest BCUT2D eigenvalue weighted by molar-refractivity contribution is 6.62. The zero-order valence-electron chi connectivity index (χ0n) is 33.3. The van der Waals surface area contributed by atoms with Gasteiger partial charge in [0, 0.05) is 56.3 Å². The van der Waals surface area contributed by atoms with Crippen LogP contribution in [-0.2, 0) is 25.9 Å². The fourth-order valence-electron chi connectivity index (χ4n) is 8.94. The Morgan fingerprint density at radius 3 is 2.34 bits per heavy atom. The van der Waals surface area contributed by atoms with E-state index in [9.17, 15) is 9.59 Å². The molecule has 10 nitrogen and oxygen atoms in total. The number of imide groups is 1. The van der Waals surface area contributed by atoms with Crippen LogP contribution in [0.3, 0.4) is 0 Å². The number of amides is 2. The summed E-state index contributed by atoms with van der Waals surface area (Å²) >= 11 is 0. The zero-order chi connectivity index (χ0) is 37.7. The maximum Gasteiger partial charge on any atom is 0.495 e. The minimum Gasteiger partial charge on any atom is -0.490 e. The van der Waals surface area contributed by atoms with Gasteiger partial charge in [0.2, 0.25) is 11.8 Å². The molecule has 0 radical (unpaired) electrons. The third kappa shape index (κ3) is 7.76. The van der Waals surface area contributed by atoms with Gasteiger partial charge in [-0.3, -0.25) is 24.5 Å². The first-order chi connectivity index (χ1) is 25.1. The second-order valence-corrected chi connectivity index (χ2v) is 17.7. The number of aryl methyl sites for hydroxylation is 1. The van der Waals surface area contributed by atoms with Gasteiger partial charge in [-0.15, -0.1) is 0 Å². The van der Waals surface area contributed by atoms with E-state index in [1.54, 1.807) is 0 Å². The van der Waals surface area contributed by atoms with E-state index in [2.05, 4.69) is 100.0 Å². The van der Waals surface area contributed by atoms with Crippen molar-refractivity contribution in [2.24, 2.45) is 13.0 Å². The lowest BCUT2D eigenvalue weighted by Gasteiger charge is -2.45. The topological polar surface area (TPSA) is 98.2 Å². The molecule has 4 aliphatic rings. The molecule has 3 saturated heterocycles. The number of piperidine rings is 1. The molecule has 1 atom stereocenters. The van der Waals surface area contributed by atoms with Gasteiger partial charge in [-0.1, -0.05) is 25.0 Å². The number of carbonyl (C=O) groups is 2. The normalized spacial score (nSPS) is 25.2. The molecular weight excluding hydrogens is 665 g/mol. The van der Waals surface area contributed by atoms with E-state index in [1.807, 2.05) is 11.7 Å². The van der Waals surface area contributed by atoms with E-state index < -0.39 is 0 Å². The number of ether oxygens (including phenoxy) is 1. The molecule has 2 aromatic carbocycles. The number of hydrogen-bond donors (Lipinski definition) is 1. The summed E-state index contributed by atoms with van der Waals surface area (Å²) in [5.41, 5.74) is 4.59. The van der Waals surface area contributed by atoms with Gasteiger partial charge in [-0.05, 0) is 128 Å². The Balaban J connectivity index is 0.857. The number of benzene rings is 2. The summed E-state index contributed by atoms with van der Waals surface area (Å²) in [5, 5.41) is 8.20. The van der Waals surface area contributed by atoms with Crippen LogP contribution in [0.1, 0.15) is 117 Å². The Morgan fingerprint density at radius 2 is 1.66 bits per heavy atom. The summed E-state index contributed by atoms with van der Waals surface area (Å²) in [5.74, 6) is 0.906. The van der Waals surface area contributed by atoms with Crippen molar-refractivity contribution in [3.05, 3.63) is 47.7 Å². The van der Waals surface area contributed by atoms with Crippen LogP contribution in [0, 0.1) is 12.8 Å². The van der Waals surface area contributed by atoms with Gasteiger partial charge in [-0.25, -0.2) is 0 Å². The van der Waals surface area contributed by atoms with Crippen LogP contribution in [0.2, 0.25) is 0 Å². The van der Waals surface area contributed by atoms with Crippen molar-refractivity contribution < 1.29 is 23.6 Å². The van der Waals surface area contributed by atoms with Gasteiger partial charge in [0.05, 0.1) is 34.4 Å². The second-order valence-electron chi connectivity index (χ2n) is 17.7. The van der Waals surface area contributed by atoms with Crippen LogP contribution in [-0.4, -0.2) is 82.6 Å². The summed E-state index contributed by atoms with van der Waals surface area (Å²) in [6.45, 7) is 19.4. The Morgan fingerprint density at radius 1 is 0.962 bits per heavy atom. The first kappa shape index (κ1) is 37.9. The molecule has 11 heteroatoms. The van der Waals surface area contributed by atoms with Crippen LogP contribution in [0.5, 0.6) is 5.75 Å². The van der Waals surface area contributed by atoms with Crippen molar-refractivity contribution in [3.63, 3.8) is 0 Å². The van der Waals surface area contributed by atoms with Gasteiger partial charge in [0.1, 0.15) is 5.75 Å². The van der Waals surface area contributed by atoms with Crippen LogP contribution in [0.15, 0.2) is 36.4 Å². The van der Waals surface area contributed by atoms with E-state index in [0.717, 1.165) is 78.3 Å². The Labute approximate surface area is 316 Å². The molecule has 2 amide bonds. The molecule has 286 valence electrons. The molecule has 1 aromatic heterocycles. The second kappa shape index (κ2) is 14.7. The van der Waals surface area contributed by atoms with Crippen molar-refractivity contribution in [1.82, 2.24) is 20.0 Å². The molecule has 0 bridgehead atoms. The Hall–Kier alpha value is -3.41. The maximum absolute atomic E-state index is 12.6. The summed E-state index contributed by atoms with van der Waals surface area (Å²) < 4.78 is 21.2. The average molecular weight is 726 g/mol. The average Bonchev–Trinajstić information content (AvgIpc) is 3.55. The van der Waals surface area contributed by atoms with E-state index in [4.69, 9.17) is 19.1 Å². The van der Waals surface area contributed by atoms with Gasteiger partial charge in [0.25, 0.3) is 0 Å².